The number of nitrogens with zero attached hydrogens (tertiary/aromatic N) is 3. The average molecular weight is 429 g/mol. The summed E-state index contributed by atoms with van der Waals surface area (Å²) >= 11 is 0. The number of benzene rings is 2. The lowest BCUT2D eigenvalue weighted by atomic mass is 9.91. The Bertz CT molecular complexity index is 1260. The van der Waals surface area contributed by atoms with Crippen molar-refractivity contribution in [2.45, 2.75) is 32.2 Å². The van der Waals surface area contributed by atoms with Crippen LogP contribution in [-0.2, 0) is 24.7 Å². The molecule has 164 valence electrons. The smallest absolute Gasteiger partial charge is 0.223 e. The quantitative estimate of drug-likeness (QED) is 0.495. The summed E-state index contributed by atoms with van der Waals surface area (Å²) in [5, 5.41) is 5.47. The maximum Gasteiger partial charge on any atom is 0.223 e. The van der Waals surface area contributed by atoms with Gasteiger partial charge in [-0.25, -0.2) is 0 Å². The van der Waals surface area contributed by atoms with Crippen LogP contribution in [0.3, 0.4) is 0 Å². The summed E-state index contributed by atoms with van der Waals surface area (Å²) in [6, 6.07) is 16.3. The van der Waals surface area contributed by atoms with Crippen LogP contribution in [0.15, 0.2) is 60.9 Å². The highest BCUT2D eigenvalue weighted by Crippen LogP contribution is 2.41. The van der Waals surface area contributed by atoms with Gasteiger partial charge in [-0.3, -0.25) is 9.48 Å². The third kappa shape index (κ3) is 3.66. The van der Waals surface area contributed by atoms with Crippen molar-refractivity contribution in [3.05, 3.63) is 83.3 Å². The molecule has 0 radical (unpaired) electrons. The van der Waals surface area contributed by atoms with Crippen LogP contribution >= 0.6 is 0 Å². The summed E-state index contributed by atoms with van der Waals surface area (Å²) in [6.07, 6.45) is 5.78. The van der Waals surface area contributed by atoms with Crippen LogP contribution in [0.2, 0.25) is 0 Å². The average Bonchev–Trinajstić information content (AvgIpc) is 3.40. The first-order valence-electron chi connectivity index (χ1n) is 11.2. The van der Waals surface area contributed by atoms with Crippen molar-refractivity contribution in [3.63, 3.8) is 0 Å². The maximum atomic E-state index is 13.5. The van der Waals surface area contributed by atoms with E-state index in [9.17, 15) is 4.79 Å². The number of carbonyl (C=O) groups is 1. The lowest BCUT2D eigenvalue weighted by Crippen LogP contribution is -2.40. The Morgan fingerprint density at radius 3 is 2.81 bits per heavy atom. The summed E-state index contributed by atoms with van der Waals surface area (Å²) in [4.78, 5) is 19.2. The molecular weight excluding hydrogens is 400 g/mol. The van der Waals surface area contributed by atoms with Crippen LogP contribution in [0.1, 0.15) is 41.8 Å². The molecule has 0 fully saturated rings. The van der Waals surface area contributed by atoms with Crippen LogP contribution in [0.25, 0.3) is 10.9 Å². The SMILES string of the molecule is CCOc1ccccc1C1c2[nH]c3ccccc3c2CCN1C(=O)CCc1cnn(C)c1. The molecule has 1 aliphatic rings. The van der Waals surface area contributed by atoms with Gasteiger partial charge in [-0.05, 0) is 43.0 Å². The standard InChI is InChI=1S/C26H28N4O2/c1-3-32-23-11-7-5-9-21(23)26-25-20(19-8-4-6-10-22(19)28-25)14-15-30(26)24(31)13-12-18-16-27-29(2)17-18/h4-11,16-17,26,28H,3,12-15H2,1-2H3. The topological polar surface area (TPSA) is 63.1 Å². The van der Waals surface area contributed by atoms with Crippen LogP contribution in [0.4, 0.5) is 0 Å². The van der Waals surface area contributed by atoms with Crippen molar-refractivity contribution < 1.29 is 9.53 Å². The molecule has 3 heterocycles. The Balaban J connectivity index is 1.55. The first-order chi connectivity index (χ1) is 15.7. The molecule has 2 aromatic carbocycles. The van der Waals surface area contributed by atoms with E-state index in [1.165, 1.54) is 10.9 Å². The van der Waals surface area contributed by atoms with Crippen molar-refractivity contribution in [3.8, 4) is 5.75 Å². The summed E-state index contributed by atoms with van der Waals surface area (Å²) in [5.41, 5.74) is 5.61. The second kappa shape index (κ2) is 8.54. The Kier molecular flexibility index (Phi) is 5.43. The molecule has 0 saturated carbocycles. The Hall–Kier alpha value is -3.54. The van der Waals surface area contributed by atoms with Crippen LogP contribution in [0.5, 0.6) is 5.75 Å². The molecule has 0 spiro atoms. The molecule has 0 aliphatic carbocycles. The minimum atomic E-state index is -0.199. The van der Waals surface area contributed by atoms with Gasteiger partial charge in [0.2, 0.25) is 5.91 Å². The van der Waals surface area contributed by atoms with E-state index in [4.69, 9.17) is 4.74 Å². The molecule has 5 rings (SSSR count). The predicted molar refractivity (Wildman–Crippen MR) is 125 cm³/mol. The number of nitrogens with one attached hydrogen (secondary N) is 1. The highest BCUT2D eigenvalue weighted by molar-refractivity contribution is 5.86. The maximum absolute atomic E-state index is 13.5. The van der Waals surface area contributed by atoms with E-state index in [1.807, 2.05) is 55.5 Å². The summed E-state index contributed by atoms with van der Waals surface area (Å²) < 4.78 is 7.75. The highest BCUT2D eigenvalue weighted by Gasteiger charge is 2.35. The van der Waals surface area contributed by atoms with Gasteiger partial charge >= 0.3 is 0 Å². The molecule has 2 aromatic heterocycles. The Labute approximate surface area is 187 Å². The number of ether oxygens (including phenoxy) is 1. The van der Waals surface area contributed by atoms with E-state index in [2.05, 4.69) is 34.3 Å². The zero-order valence-corrected chi connectivity index (χ0v) is 18.5. The van der Waals surface area contributed by atoms with Crippen LogP contribution in [-0.4, -0.2) is 38.7 Å². The largest absolute Gasteiger partial charge is 0.494 e. The van der Waals surface area contributed by atoms with Crippen molar-refractivity contribution in [2.24, 2.45) is 7.05 Å². The number of hydrogen-bond acceptors (Lipinski definition) is 3. The number of fused-ring (bicyclic) bond motifs is 3. The van der Waals surface area contributed by atoms with E-state index in [0.29, 0.717) is 26.0 Å². The summed E-state index contributed by atoms with van der Waals surface area (Å²) in [7, 11) is 1.90. The van der Waals surface area contributed by atoms with Gasteiger partial charge < -0.3 is 14.6 Å². The molecule has 6 heteroatoms. The van der Waals surface area contributed by atoms with Gasteiger partial charge in [0, 0.05) is 48.4 Å². The number of para-hydroxylation sites is 2. The third-order valence-electron chi connectivity index (χ3n) is 6.25. The highest BCUT2D eigenvalue weighted by atomic mass is 16.5. The first-order valence-corrected chi connectivity index (χ1v) is 11.2. The van der Waals surface area contributed by atoms with E-state index in [-0.39, 0.29) is 11.9 Å². The van der Waals surface area contributed by atoms with Crippen molar-refractivity contribution in [1.82, 2.24) is 19.7 Å². The molecule has 1 amide bonds. The summed E-state index contributed by atoms with van der Waals surface area (Å²) in [5.74, 6) is 0.978. The number of aromatic amines is 1. The lowest BCUT2D eigenvalue weighted by molar-refractivity contribution is -0.133. The van der Waals surface area contributed by atoms with Gasteiger partial charge in [0.1, 0.15) is 11.8 Å². The minimum Gasteiger partial charge on any atom is -0.494 e. The Morgan fingerprint density at radius 2 is 2.00 bits per heavy atom. The number of carbonyl (C=O) groups excluding carboxylic acids is 1. The molecule has 32 heavy (non-hydrogen) atoms. The van der Waals surface area contributed by atoms with Crippen LogP contribution in [0, 0.1) is 0 Å². The molecule has 0 bridgehead atoms. The van der Waals surface area contributed by atoms with E-state index >= 15 is 0 Å². The molecule has 1 N–H and O–H groups in total. The second-order valence-corrected chi connectivity index (χ2v) is 8.30. The Morgan fingerprint density at radius 1 is 1.19 bits per heavy atom. The molecule has 0 saturated heterocycles. The van der Waals surface area contributed by atoms with Gasteiger partial charge in [0.15, 0.2) is 0 Å². The lowest BCUT2D eigenvalue weighted by Gasteiger charge is -2.37. The minimum absolute atomic E-state index is 0.148. The van der Waals surface area contributed by atoms with Gasteiger partial charge in [-0.2, -0.15) is 5.10 Å². The fraction of sp³-hybridized carbons (Fsp3) is 0.308. The van der Waals surface area contributed by atoms with E-state index in [1.54, 1.807) is 4.68 Å². The van der Waals surface area contributed by atoms with Gasteiger partial charge in [-0.15, -0.1) is 0 Å². The van der Waals surface area contributed by atoms with Gasteiger partial charge in [0.25, 0.3) is 0 Å². The zero-order valence-electron chi connectivity index (χ0n) is 18.5. The molecular formula is C26H28N4O2. The second-order valence-electron chi connectivity index (χ2n) is 8.30. The van der Waals surface area contributed by atoms with Crippen molar-refractivity contribution in [1.29, 1.82) is 0 Å². The fourth-order valence-corrected chi connectivity index (χ4v) is 4.82. The van der Waals surface area contributed by atoms with Crippen molar-refractivity contribution in [2.75, 3.05) is 13.2 Å². The molecule has 4 aromatic rings. The number of hydrogen-bond donors (Lipinski definition) is 1. The van der Waals surface area contributed by atoms with Crippen molar-refractivity contribution >= 4 is 16.8 Å². The van der Waals surface area contributed by atoms with Gasteiger partial charge in [0.05, 0.1) is 12.8 Å². The zero-order chi connectivity index (χ0) is 22.1. The fourth-order valence-electron chi connectivity index (χ4n) is 4.82. The number of amides is 1. The van der Waals surface area contributed by atoms with Crippen LogP contribution < -0.4 is 4.74 Å². The number of H-pyrrole nitrogens is 1. The normalized spacial score (nSPS) is 15.7. The van der Waals surface area contributed by atoms with Gasteiger partial charge in [-0.1, -0.05) is 36.4 Å². The number of aryl methyl sites for hydroxylation is 2. The molecule has 1 aliphatic heterocycles. The number of aromatic nitrogens is 3. The first kappa shape index (κ1) is 20.4. The molecule has 6 nitrogen and oxygen atoms in total. The van der Waals surface area contributed by atoms with E-state index in [0.717, 1.165) is 34.5 Å². The molecule has 1 atom stereocenters. The van der Waals surface area contributed by atoms with E-state index < -0.39 is 0 Å². The molecule has 1 unspecified atom stereocenters. The monoisotopic (exact) mass is 428 g/mol. The predicted octanol–water partition coefficient (Wildman–Crippen LogP) is 4.41. The third-order valence-corrected chi connectivity index (χ3v) is 6.25. The summed E-state index contributed by atoms with van der Waals surface area (Å²) in [6.45, 7) is 3.26. The number of rotatable bonds is 6.